The molecule has 0 aromatic heterocycles. The highest BCUT2D eigenvalue weighted by molar-refractivity contribution is 7.87. The third kappa shape index (κ3) is 2.84. The summed E-state index contributed by atoms with van der Waals surface area (Å²) in [4.78, 5) is 13.4. The van der Waals surface area contributed by atoms with E-state index in [1.54, 1.807) is 4.90 Å². The highest BCUT2D eigenvalue weighted by atomic mass is 32.3. The van der Waals surface area contributed by atoms with Crippen LogP contribution >= 0.6 is 0 Å². The molecule has 2 aliphatic rings. The van der Waals surface area contributed by atoms with Crippen LogP contribution in [-0.2, 0) is 15.0 Å². The van der Waals surface area contributed by atoms with E-state index in [0.717, 1.165) is 12.8 Å². The van der Waals surface area contributed by atoms with Gasteiger partial charge in [-0.2, -0.15) is 8.42 Å². The Balaban J connectivity index is 2.02. The van der Waals surface area contributed by atoms with Crippen LogP contribution in [0.15, 0.2) is 0 Å². The lowest BCUT2D eigenvalue weighted by molar-refractivity contribution is -0.130. The summed E-state index contributed by atoms with van der Waals surface area (Å²) in [5.41, 5.74) is 0. The van der Waals surface area contributed by atoms with Gasteiger partial charge < -0.3 is 4.90 Å². The second-order valence-corrected chi connectivity index (χ2v) is 7.10. The Bertz CT molecular complexity index is 417. The summed E-state index contributed by atoms with van der Waals surface area (Å²) < 4.78 is 34.7. The van der Waals surface area contributed by atoms with Gasteiger partial charge in [0, 0.05) is 19.0 Å². The van der Waals surface area contributed by atoms with Crippen molar-refractivity contribution in [3.05, 3.63) is 0 Å². The summed E-state index contributed by atoms with van der Waals surface area (Å²) in [6, 6.07) is 0.0320. The third-order valence-electron chi connectivity index (χ3n) is 4.34. The molecule has 18 heavy (non-hydrogen) atoms. The number of hydrogen-bond acceptors (Lipinski definition) is 3. The normalized spacial score (nSPS) is 28.7. The first kappa shape index (κ1) is 13.8. The number of halogens is 1. The summed E-state index contributed by atoms with van der Waals surface area (Å²) in [6.45, 7) is 1.98. The van der Waals surface area contributed by atoms with Crippen LogP contribution in [-0.4, -0.2) is 37.1 Å². The summed E-state index contributed by atoms with van der Waals surface area (Å²) in [7, 11) is -4.60. The summed E-state index contributed by atoms with van der Waals surface area (Å²) in [6.07, 6.45) is 5.54. The minimum absolute atomic E-state index is 0.0231. The highest BCUT2D eigenvalue weighted by Gasteiger charge is 2.41. The Morgan fingerprint density at radius 3 is 2.39 bits per heavy atom. The molecule has 0 aromatic carbocycles. The quantitative estimate of drug-likeness (QED) is 0.740. The molecule has 0 aromatic rings. The monoisotopic (exact) mass is 277 g/mol. The number of likely N-dealkylation sites (tertiary alicyclic amines) is 1. The topological polar surface area (TPSA) is 54.5 Å². The summed E-state index contributed by atoms with van der Waals surface area (Å²) >= 11 is 0. The molecule has 2 atom stereocenters. The van der Waals surface area contributed by atoms with Gasteiger partial charge in [0.2, 0.25) is 5.91 Å². The van der Waals surface area contributed by atoms with Gasteiger partial charge in [-0.3, -0.25) is 4.79 Å². The molecular weight excluding hydrogens is 257 g/mol. The van der Waals surface area contributed by atoms with Crippen LogP contribution in [0.3, 0.4) is 0 Å². The number of carbonyl (C=O) groups is 1. The van der Waals surface area contributed by atoms with Crippen LogP contribution < -0.4 is 0 Å². The molecule has 1 amide bonds. The maximum atomic E-state index is 12.9. The number of carbonyl (C=O) groups excluding carboxylic acids is 1. The first-order chi connectivity index (χ1) is 8.39. The van der Waals surface area contributed by atoms with Crippen molar-refractivity contribution in [3.63, 3.8) is 0 Å². The largest absolute Gasteiger partial charge is 0.338 e. The molecule has 1 saturated heterocycles. The predicted molar refractivity (Wildman–Crippen MR) is 66.2 cm³/mol. The fraction of sp³-hybridized carbons (Fsp3) is 0.917. The van der Waals surface area contributed by atoms with Crippen LogP contribution in [0.4, 0.5) is 3.89 Å². The Labute approximate surface area is 108 Å². The zero-order chi connectivity index (χ0) is 13.3. The molecule has 1 saturated carbocycles. The van der Waals surface area contributed by atoms with Crippen LogP contribution in [0.25, 0.3) is 0 Å². The van der Waals surface area contributed by atoms with Gasteiger partial charge in [0.15, 0.2) is 0 Å². The lowest BCUT2D eigenvalue weighted by Crippen LogP contribution is -2.41. The maximum Gasteiger partial charge on any atom is 0.307 e. The second-order valence-electron chi connectivity index (χ2n) is 5.49. The molecule has 2 rings (SSSR count). The van der Waals surface area contributed by atoms with Crippen molar-refractivity contribution in [2.45, 2.75) is 56.7 Å². The summed E-state index contributed by atoms with van der Waals surface area (Å²) in [5, 5.41) is -1.16. The molecule has 2 fully saturated rings. The zero-order valence-corrected chi connectivity index (χ0v) is 11.5. The Hall–Kier alpha value is -0.650. The molecule has 4 nitrogen and oxygen atoms in total. The van der Waals surface area contributed by atoms with E-state index < -0.39 is 15.5 Å². The van der Waals surface area contributed by atoms with Gasteiger partial charge in [-0.25, -0.2) is 0 Å². The van der Waals surface area contributed by atoms with Crippen molar-refractivity contribution in [1.82, 2.24) is 4.90 Å². The van der Waals surface area contributed by atoms with Crippen LogP contribution in [0, 0.1) is 5.92 Å². The molecule has 1 aliphatic carbocycles. The Morgan fingerprint density at radius 2 is 1.89 bits per heavy atom. The molecule has 1 heterocycles. The van der Waals surface area contributed by atoms with E-state index >= 15 is 0 Å². The average molecular weight is 277 g/mol. The lowest BCUT2D eigenvalue weighted by Gasteiger charge is -2.34. The molecule has 104 valence electrons. The van der Waals surface area contributed by atoms with Crippen molar-refractivity contribution in [3.8, 4) is 0 Å². The molecule has 6 heteroatoms. The van der Waals surface area contributed by atoms with E-state index in [2.05, 4.69) is 0 Å². The fourth-order valence-corrected chi connectivity index (χ4v) is 3.83. The highest BCUT2D eigenvalue weighted by Crippen LogP contribution is 2.32. The SMILES string of the molecule is C[C@@H](C1CCCCC1)N1CC(S(=O)(=O)F)CC1=O. The standard InChI is InChI=1S/C12H20FNO3S/c1-9(10-5-3-2-4-6-10)14-8-11(7-12(14)15)18(13,16)17/h9-11H,2-8H2,1H3/t9-,11?/m0/s1. The zero-order valence-electron chi connectivity index (χ0n) is 10.6. The van der Waals surface area contributed by atoms with E-state index in [4.69, 9.17) is 0 Å². The minimum atomic E-state index is -4.60. The van der Waals surface area contributed by atoms with Gasteiger partial charge in [-0.1, -0.05) is 19.3 Å². The Morgan fingerprint density at radius 1 is 1.28 bits per heavy atom. The van der Waals surface area contributed by atoms with Crippen LogP contribution in [0.2, 0.25) is 0 Å². The number of nitrogens with zero attached hydrogens (tertiary/aromatic N) is 1. The third-order valence-corrected chi connectivity index (χ3v) is 5.46. The molecule has 0 radical (unpaired) electrons. The molecule has 0 bridgehead atoms. The van der Waals surface area contributed by atoms with Gasteiger partial charge >= 0.3 is 10.2 Å². The number of amides is 1. The van der Waals surface area contributed by atoms with Crippen LogP contribution in [0.5, 0.6) is 0 Å². The average Bonchev–Trinajstić information content (AvgIpc) is 2.71. The first-order valence-electron chi connectivity index (χ1n) is 6.62. The molecule has 0 spiro atoms. The number of rotatable bonds is 3. The first-order valence-corrected chi connectivity index (χ1v) is 8.07. The fourth-order valence-electron chi connectivity index (χ4n) is 3.15. The van der Waals surface area contributed by atoms with Crippen molar-refractivity contribution < 1.29 is 17.1 Å². The van der Waals surface area contributed by atoms with E-state index in [0.29, 0.717) is 5.92 Å². The van der Waals surface area contributed by atoms with Crippen molar-refractivity contribution in [2.24, 2.45) is 5.92 Å². The van der Waals surface area contributed by atoms with E-state index in [-0.39, 0.29) is 24.9 Å². The van der Waals surface area contributed by atoms with Crippen molar-refractivity contribution in [1.29, 1.82) is 0 Å². The van der Waals surface area contributed by atoms with Gasteiger partial charge in [0.25, 0.3) is 0 Å². The minimum Gasteiger partial charge on any atom is -0.338 e. The van der Waals surface area contributed by atoms with E-state index in [1.165, 1.54) is 19.3 Å². The van der Waals surface area contributed by atoms with Gasteiger partial charge in [0.1, 0.15) is 5.25 Å². The second kappa shape index (κ2) is 5.15. The number of hydrogen-bond donors (Lipinski definition) is 0. The lowest BCUT2D eigenvalue weighted by atomic mass is 9.84. The van der Waals surface area contributed by atoms with Crippen molar-refractivity contribution >= 4 is 16.1 Å². The van der Waals surface area contributed by atoms with Crippen molar-refractivity contribution in [2.75, 3.05) is 6.54 Å². The molecule has 1 unspecified atom stereocenters. The molecule has 0 N–H and O–H groups in total. The smallest absolute Gasteiger partial charge is 0.307 e. The molecule has 1 aliphatic heterocycles. The molecular formula is C12H20FNO3S. The Kier molecular flexibility index (Phi) is 3.94. The van der Waals surface area contributed by atoms with Crippen LogP contribution in [0.1, 0.15) is 45.4 Å². The van der Waals surface area contributed by atoms with Gasteiger partial charge in [-0.05, 0) is 25.7 Å². The maximum absolute atomic E-state index is 12.9. The summed E-state index contributed by atoms with van der Waals surface area (Å²) in [5.74, 6) is 0.211. The van der Waals surface area contributed by atoms with Gasteiger partial charge in [-0.15, -0.1) is 3.89 Å². The predicted octanol–water partition coefficient (Wildman–Crippen LogP) is 1.86. The van der Waals surface area contributed by atoms with E-state index in [9.17, 15) is 17.1 Å². The van der Waals surface area contributed by atoms with E-state index in [1.807, 2.05) is 6.92 Å². The van der Waals surface area contributed by atoms with Gasteiger partial charge in [0.05, 0.1) is 0 Å².